The predicted molar refractivity (Wildman–Crippen MR) is 310 cm³/mol. The summed E-state index contributed by atoms with van der Waals surface area (Å²) >= 11 is 0. The van der Waals surface area contributed by atoms with Gasteiger partial charge in [0.15, 0.2) is 11.6 Å². The quantitative estimate of drug-likeness (QED) is 0.0439. The van der Waals surface area contributed by atoms with Crippen molar-refractivity contribution in [1.82, 2.24) is 62.6 Å². The van der Waals surface area contributed by atoms with Crippen molar-refractivity contribution in [1.29, 1.82) is 0 Å². The molecule has 0 radical (unpaired) electrons. The molecule has 1 aliphatic heterocycles. The van der Waals surface area contributed by atoms with Crippen molar-refractivity contribution in [3.05, 3.63) is 17.8 Å². The first-order valence-electron chi connectivity index (χ1n) is 29.2. The molecule has 0 saturated carbocycles. The Hall–Kier alpha value is -6.13. The van der Waals surface area contributed by atoms with E-state index in [1.165, 1.54) is 52.7 Å². The van der Waals surface area contributed by atoms with Crippen LogP contribution < -0.4 is 47.9 Å². The van der Waals surface area contributed by atoms with Crippen LogP contribution in [-0.4, -0.2) is 160 Å². The van der Waals surface area contributed by atoms with E-state index < -0.39 is 100.0 Å². The molecule has 1 aromatic heterocycles. The van der Waals surface area contributed by atoms with E-state index in [9.17, 15) is 47.9 Å². The van der Waals surface area contributed by atoms with E-state index in [-0.39, 0.29) is 74.0 Å². The fourth-order valence-corrected chi connectivity index (χ4v) is 9.40. The highest BCUT2D eigenvalue weighted by atomic mass is 16.3. The molecular formula is C58H102N12O11. The Kier molecular flexibility index (Phi) is 29.0. The minimum Gasteiger partial charge on any atom is -0.448 e. The molecule has 1 aliphatic rings. The maximum absolute atomic E-state index is 14.3. The molecule has 460 valence electrons. The lowest BCUT2D eigenvalue weighted by Gasteiger charge is -2.34. The summed E-state index contributed by atoms with van der Waals surface area (Å²) in [5.41, 5.74) is -4.59. The van der Waals surface area contributed by atoms with Gasteiger partial charge in [-0.3, -0.25) is 47.9 Å². The second-order valence-electron chi connectivity index (χ2n) is 25.1. The van der Waals surface area contributed by atoms with E-state index in [1.54, 1.807) is 6.92 Å². The SMILES string of the molecule is CCCCCCCC[C@H](NC(=O)[C@@H]1CCCN1C(=O)c1coc(C)n1)C(=O)N[C@@H](CC(C)C)C(=O)NC(C)(C)C(=O)N[C@@H](CC(C)C)C(=O)N[C@@H](CC(C)C)C(=O)NC(C)(C)C(=O)NC(C)(C)C(=O)NCCC(=O)N[C@@H](C)CN(C)C. The van der Waals surface area contributed by atoms with Gasteiger partial charge in [-0.2, -0.15) is 0 Å². The number of carbonyl (C=O) groups excluding carboxylic acids is 10. The number of oxazole rings is 1. The second kappa shape index (κ2) is 33.1. The number of likely N-dealkylation sites (N-methyl/N-ethyl adjacent to an activating group) is 1. The number of likely N-dealkylation sites (tertiary alicyclic amines) is 1. The van der Waals surface area contributed by atoms with Crippen LogP contribution in [0.4, 0.5) is 0 Å². The predicted octanol–water partition coefficient (Wildman–Crippen LogP) is 3.67. The summed E-state index contributed by atoms with van der Waals surface area (Å²) in [6.45, 7) is 26.6. The Morgan fingerprint density at radius 1 is 0.630 bits per heavy atom. The Morgan fingerprint density at radius 2 is 1.12 bits per heavy atom. The highest BCUT2D eigenvalue weighted by molar-refractivity contribution is 6.00. The van der Waals surface area contributed by atoms with Gasteiger partial charge in [0.1, 0.15) is 53.1 Å². The van der Waals surface area contributed by atoms with Crippen LogP contribution in [0.1, 0.15) is 197 Å². The van der Waals surface area contributed by atoms with E-state index in [4.69, 9.17) is 4.42 Å². The van der Waals surface area contributed by atoms with Crippen LogP contribution in [0.15, 0.2) is 10.7 Å². The third kappa shape index (κ3) is 24.9. The minimum absolute atomic E-state index is 0.0267. The van der Waals surface area contributed by atoms with Crippen LogP contribution >= 0.6 is 0 Å². The van der Waals surface area contributed by atoms with E-state index in [2.05, 4.69) is 59.8 Å². The Bertz CT molecular complexity index is 2280. The van der Waals surface area contributed by atoms with Crippen LogP contribution in [0.5, 0.6) is 0 Å². The summed E-state index contributed by atoms with van der Waals surface area (Å²) in [5.74, 6) is -5.80. The van der Waals surface area contributed by atoms with Crippen molar-refractivity contribution in [3.8, 4) is 0 Å². The molecule has 2 heterocycles. The molecule has 0 aliphatic carbocycles. The van der Waals surface area contributed by atoms with Gasteiger partial charge in [-0.05, 0) is 119 Å². The molecule has 2 rings (SSSR count). The average Bonchev–Trinajstić information content (AvgIpc) is 4.02. The Balaban J connectivity index is 2.24. The van der Waals surface area contributed by atoms with E-state index in [1.807, 2.05) is 67.5 Å². The maximum Gasteiger partial charge on any atom is 0.276 e. The third-order valence-corrected chi connectivity index (χ3v) is 13.8. The molecule has 0 unspecified atom stereocenters. The van der Waals surface area contributed by atoms with Crippen LogP contribution in [0.2, 0.25) is 0 Å². The van der Waals surface area contributed by atoms with Gasteiger partial charge in [0.2, 0.25) is 53.2 Å². The topological polar surface area (TPSA) is 311 Å². The van der Waals surface area contributed by atoms with Gasteiger partial charge < -0.3 is 62.1 Å². The molecule has 1 aromatic rings. The average molecular weight is 1140 g/mol. The monoisotopic (exact) mass is 1140 g/mol. The lowest BCUT2D eigenvalue weighted by atomic mass is 9.96. The van der Waals surface area contributed by atoms with Gasteiger partial charge in [0, 0.05) is 39.0 Å². The normalized spacial score (nSPS) is 15.8. The second-order valence-corrected chi connectivity index (χ2v) is 25.1. The summed E-state index contributed by atoms with van der Waals surface area (Å²) in [4.78, 5) is 145. The lowest BCUT2D eigenvalue weighted by molar-refractivity contribution is -0.139. The highest BCUT2D eigenvalue weighted by Crippen LogP contribution is 2.22. The first-order valence-corrected chi connectivity index (χ1v) is 29.2. The molecule has 81 heavy (non-hydrogen) atoms. The van der Waals surface area contributed by atoms with Gasteiger partial charge in [0.25, 0.3) is 5.91 Å². The number of hydrogen-bond donors (Lipinski definition) is 9. The number of hydrogen-bond acceptors (Lipinski definition) is 13. The van der Waals surface area contributed by atoms with Crippen molar-refractivity contribution in [2.45, 2.75) is 240 Å². The number of nitrogens with one attached hydrogen (secondary N) is 9. The van der Waals surface area contributed by atoms with Gasteiger partial charge >= 0.3 is 0 Å². The van der Waals surface area contributed by atoms with Crippen molar-refractivity contribution in [2.75, 3.05) is 33.7 Å². The molecule has 23 nitrogen and oxygen atoms in total. The Morgan fingerprint density at radius 3 is 1.63 bits per heavy atom. The summed E-state index contributed by atoms with van der Waals surface area (Å²) in [6.07, 6.45) is 8.56. The summed E-state index contributed by atoms with van der Waals surface area (Å²) in [7, 11) is 3.79. The molecule has 1 fully saturated rings. The summed E-state index contributed by atoms with van der Waals surface area (Å²) in [5, 5.41) is 25.1. The van der Waals surface area contributed by atoms with Gasteiger partial charge in [-0.1, -0.05) is 87.0 Å². The van der Waals surface area contributed by atoms with Crippen molar-refractivity contribution < 1.29 is 52.4 Å². The number of rotatable bonds is 35. The highest BCUT2D eigenvalue weighted by Gasteiger charge is 2.42. The molecule has 0 aromatic carbocycles. The number of unbranched alkanes of at least 4 members (excludes halogenated alkanes) is 5. The number of aromatic nitrogens is 1. The smallest absolute Gasteiger partial charge is 0.276 e. The molecule has 1 saturated heterocycles. The molecule has 23 heteroatoms. The zero-order valence-electron chi connectivity index (χ0n) is 51.9. The first kappa shape index (κ1) is 71.0. The van der Waals surface area contributed by atoms with Gasteiger partial charge in [0.05, 0.1) is 0 Å². The van der Waals surface area contributed by atoms with Gasteiger partial charge in [-0.15, -0.1) is 0 Å². The molecule has 0 spiro atoms. The summed E-state index contributed by atoms with van der Waals surface area (Å²) in [6, 6.07) is -5.47. The standard InChI is InChI=1S/C58H102N12O11/c1-18-19-20-21-22-23-25-40(62-51(76)45-26-24-29-70(45)52(77)44-34-81-39(9)61-44)47(72)63-42(31-36(4)5)49(74)66-57(12,13)54(79)65-41(30-35(2)3)48(73)64-43(32-37(6)7)50(75)67-58(14,15)55(80)68-56(10,11)53(78)59-28-27-46(71)60-38(8)33-69(16)17/h34-38,40-43,45H,18-33H2,1-17H3,(H,59,78)(H,60,71)(H,62,76)(H,63,72)(H,64,73)(H,65,79)(H,66,74)(H,67,75)(H,68,80)/t38-,40-,41-,42-,43-,45-/m0/s1. The fourth-order valence-electron chi connectivity index (χ4n) is 9.40. The number of amides is 10. The van der Waals surface area contributed by atoms with Crippen LogP contribution in [0, 0.1) is 24.7 Å². The maximum atomic E-state index is 14.3. The number of carbonyl (C=O) groups is 10. The largest absolute Gasteiger partial charge is 0.448 e. The van der Waals surface area contributed by atoms with Crippen molar-refractivity contribution >= 4 is 59.1 Å². The van der Waals surface area contributed by atoms with Crippen molar-refractivity contribution in [3.63, 3.8) is 0 Å². The molecule has 9 N–H and O–H groups in total. The lowest BCUT2D eigenvalue weighted by Crippen LogP contribution is -2.65. The number of aryl methyl sites for hydroxylation is 1. The van der Waals surface area contributed by atoms with Crippen LogP contribution in [-0.2, 0) is 43.2 Å². The minimum atomic E-state index is -1.64. The molecule has 10 amide bonds. The van der Waals surface area contributed by atoms with Crippen molar-refractivity contribution in [2.24, 2.45) is 17.8 Å². The Labute approximate surface area is 482 Å². The zero-order valence-corrected chi connectivity index (χ0v) is 51.9. The van der Waals surface area contributed by atoms with Crippen LogP contribution in [0.3, 0.4) is 0 Å². The fraction of sp³-hybridized carbons (Fsp3) is 0.776. The molecular weight excluding hydrogens is 1040 g/mol. The summed E-state index contributed by atoms with van der Waals surface area (Å²) < 4.78 is 5.24. The van der Waals surface area contributed by atoms with E-state index in [0.29, 0.717) is 38.2 Å². The molecule has 0 bridgehead atoms. The first-order chi connectivity index (χ1) is 37.6. The zero-order chi connectivity index (χ0) is 61.6. The van der Waals surface area contributed by atoms with E-state index in [0.717, 1.165) is 32.1 Å². The van der Waals surface area contributed by atoms with Crippen LogP contribution in [0.25, 0.3) is 0 Å². The molecule has 6 atom stereocenters. The van der Waals surface area contributed by atoms with Gasteiger partial charge in [-0.25, -0.2) is 4.98 Å². The number of nitrogens with zero attached hydrogens (tertiary/aromatic N) is 3. The third-order valence-electron chi connectivity index (χ3n) is 13.8. The van der Waals surface area contributed by atoms with E-state index >= 15 is 0 Å².